The van der Waals surface area contributed by atoms with Gasteiger partial charge in [0.25, 0.3) is 0 Å². The SMILES string of the molecule is O=C(Nc1cccc(Cl)c1)C1Sc2nnc(-c3ccccc3)n2NC12CCCCC2. The highest BCUT2D eigenvalue weighted by molar-refractivity contribution is 8.00. The van der Waals surface area contributed by atoms with Crippen molar-refractivity contribution in [2.75, 3.05) is 10.7 Å². The van der Waals surface area contributed by atoms with Crippen molar-refractivity contribution in [3.63, 3.8) is 0 Å². The zero-order valence-electron chi connectivity index (χ0n) is 16.3. The van der Waals surface area contributed by atoms with Gasteiger partial charge in [-0.25, -0.2) is 4.68 Å². The monoisotopic (exact) mass is 439 g/mol. The Bertz CT molecular complexity index is 1060. The highest BCUT2D eigenvalue weighted by Crippen LogP contribution is 2.44. The molecular weight excluding hydrogens is 418 g/mol. The fraction of sp³-hybridized carbons (Fsp3) is 0.318. The Labute approximate surface area is 184 Å². The Kier molecular flexibility index (Phi) is 5.16. The lowest BCUT2D eigenvalue weighted by molar-refractivity contribution is -0.117. The third kappa shape index (κ3) is 3.56. The Morgan fingerprint density at radius 1 is 1.10 bits per heavy atom. The summed E-state index contributed by atoms with van der Waals surface area (Å²) in [7, 11) is 0. The number of carbonyl (C=O) groups is 1. The molecule has 2 aromatic carbocycles. The van der Waals surface area contributed by atoms with Gasteiger partial charge in [0.15, 0.2) is 5.82 Å². The lowest BCUT2D eigenvalue weighted by Crippen LogP contribution is -2.59. The quantitative estimate of drug-likeness (QED) is 0.603. The van der Waals surface area contributed by atoms with E-state index in [2.05, 4.69) is 20.9 Å². The maximum Gasteiger partial charge on any atom is 0.240 e. The first kappa shape index (κ1) is 19.5. The molecule has 0 bridgehead atoms. The van der Waals surface area contributed by atoms with Crippen molar-refractivity contribution in [2.45, 2.75) is 48.0 Å². The Balaban J connectivity index is 1.49. The summed E-state index contributed by atoms with van der Waals surface area (Å²) in [5.74, 6) is 0.740. The molecule has 1 spiro atoms. The van der Waals surface area contributed by atoms with Crippen LogP contribution >= 0.6 is 23.4 Å². The van der Waals surface area contributed by atoms with Gasteiger partial charge in [0, 0.05) is 16.3 Å². The van der Waals surface area contributed by atoms with Crippen molar-refractivity contribution in [1.29, 1.82) is 0 Å². The maximum absolute atomic E-state index is 13.4. The molecule has 0 radical (unpaired) electrons. The molecule has 5 rings (SSSR count). The minimum atomic E-state index is -0.343. The van der Waals surface area contributed by atoms with Crippen LogP contribution in [-0.4, -0.2) is 31.6 Å². The second-order valence-corrected chi connectivity index (χ2v) is 9.34. The molecule has 1 aliphatic carbocycles. The van der Waals surface area contributed by atoms with Crippen LogP contribution < -0.4 is 10.7 Å². The average Bonchev–Trinajstić information content (AvgIpc) is 3.16. The van der Waals surface area contributed by atoms with E-state index in [1.807, 2.05) is 47.1 Å². The number of benzene rings is 2. The van der Waals surface area contributed by atoms with E-state index in [0.29, 0.717) is 15.9 Å². The number of amides is 1. The lowest BCUT2D eigenvalue weighted by Gasteiger charge is -2.46. The number of halogens is 1. The van der Waals surface area contributed by atoms with Crippen molar-refractivity contribution in [3.8, 4) is 11.4 Å². The fourth-order valence-electron chi connectivity index (χ4n) is 4.36. The van der Waals surface area contributed by atoms with Crippen LogP contribution in [0.15, 0.2) is 59.8 Å². The second-order valence-electron chi connectivity index (χ2n) is 7.83. The number of aromatic nitrogens is 3. The highest BCUT2D eigenvalue weighted by atomic mass is 35.5. The summed E-state index contributed by atoms with van der Waals surface area (Å²) in [6.07, 6.45) is 5.23. The number of nitrogens with one attached hydrogen (secondary N) is 2. The number of hydrogen-bond donors (Lipinski definition) is 2. The van der Waals surface area contributed by atoms with Gasteiger partial charge in [-0.1, -0.05) is 79.0 Å². The molecule has 30 heavy (non-hydrogen) atoms. The Morgan fingerprint density at radius 2 is 1.90 bits per heavy atom. The minimum Gasteiger partial charge on any atom is -0.325 e. The largest absolute Gasteiger partial charge is 0.325 e. The molecule has 3 aromatic rings. The summed E-state index contributed by atoms with van der Waals surface area (Å²) >= 11 is 7.58. The summed E-state index contributed by atoms with van der Waals surface area (Å²) in [5.41, 5.74) is 5.03. The number of hydrogen-bond acceptors (Lipinski definition) is 5. The lowest BCUT2D eigenvalue weighted by atomic mass is 9.79. The van der Waals surface area contributed by atoms with Gasteiger partial charge < -0.3 is 10.7 Å². The molecule has 8 heteroatoms. The van der Waals surface area contributed by atoms with Crippen LogP contribution in [-0.2, 0) is 4.79 Å². The summed E-state index contributed by atoms with van der Waals surface area (Å²) in [4.78, 5) is 13.4. The first-order chi connectivity index (χ1) is 14.6. The van der Waals surface area contributed by atoms with Gasteiger partial charge in [-0.05, 0) is 31.0 Å². The Morgan fingerprint density at radius 3 is 2.67 bits per heavy atom. The fourth-order valence-corrected chi connectivity index (χ4v) is 5.76. The number of carbonyl (C=O) groups excluding carboxylic acids is 1. The predicted octanol–water partition coefficient (Wildman–Crippen LogP) is 4.96. The molecule has 1 amide bonds. The van der Waals surface area contributed by atoms with Crippen LogP contribution in [0.25, 0.3) is 11.4 Å². The van der Waals surface area contributed by atoms with Crippen molar-refractivity contribution >= 4 is 35.0 Å². The van der Waals surface area contributed by atoms with Crippen molar-refractivity contribution < 1.29 is 4.79 Å². The number of nitrogens with zero attached hydrogens (tertiary/aromatic N) is 3. The van der Waals surface area contributed by atoms with E-state index in [1.165, 1.54) is 18.2 Å². The molecule has 1 unspecified atom stereocenters. The van der Waals surface area contributed by atoms with Crippen molar-refractivity contribution in [3.05, 3.63) is 59.6 Å². The molecule has 2 aliphatic rings. The molecule has 1 saturated carbocycles. The van der Waals surface area contributed by atoms with Crippen molar-refractivity contribution in [2.24, 2.45) is 0 Å². The second kappa shape index (κ2) is 7.96. The van der Waals surface area contributed by atoms with E-state index in [-0.39, 0.29) is 16.7 Å². The van der Waals surface area contributed by atoms with Crippen LogP contribution in [0.4, 0.5) is 5.69 Å². The summed E-state index contributed by atoms with van der Waals surface area (Å²) in [6, 6.07) is 17.3. The zero-order chi connectivity index (χ0) is 20.6. The standard InChI is InChI=1S/C22H22ClN5OS/c23-16-10-7-11-17(14-16)24-20(29)18-22(12-5-2-6-13-22)27-28-19(25-26-21(28)30-18)15-8-3-1-4-9-15/h1,3-4,7-11,14,18,27H,2,5-6,12-13H2,(H,24,29). The third-order valence-corrected chi connectivity index (χ3v) is 7.41. The first-order valence-corrected chi connectivity index (χ1v) is 11.4. The van der Waals surface area contributed by atoms with Crippen LogP contribution in [0.3, 0.4) is 0 Å². The van der Waals surface area contributed by atoms with Gasteiger partial charge in [0.05, 0.1) is 5.54 Å². The van der Waals surface area contributed by atoms with Gasteiger partial charge in [-0.3, -0.25) is 4.79 Å². The molecule has 1 aliphatic heterocycles. The minimum absolute atomic E-state index is 0.0350. The highest BCUT2D eigenvalue weighted by Gasteiger charge is 2.49. The third-order valence-electron chi connectivity index (χ3n) is 5.80. The molecular formula is C22H22ClN5OS. The Hall–Kier alpha value is -2.51. The van der Waals surface area contributed by atoms with Gasteiger partial charge in [-0.15, -0.1) is 10.2 Å². The van der Waals surface area contributed by atoms with Crippen LogP contribution in [0.1, 0.15) is 32.1 Å². The van der Waals surface area contributed by atoms with Crippen LogP contribution in [0, 0.1) is 0 Å². The van der Waals surface area contributed by atoms with Crippen LogP contribution in [0.5, 0.6) is 0 Å². The molecule has 1 fully saturated rings. The smallest absolute Gasteiger partial charge is 0.240 e. The topological polar surface area (TPSA) is 71.8 Å². The summed E-state index contributed by atoms with van der Waals surface area (Å²) in [6.45, 7) is 0. The molecule has 1 aromatic heterocycles. The van der Waals surface area contributed by atoms with E-state index in [0.717, 1.165) is 37.1 Å². The normalized spacial score (nSPS) is 19.7. The number of thioether (sulfide) groups is 1. The number of anilines is 1. The molecule has 0 saturated heterocycles. The van der Waals surface area contributed by atoms with Crippen LogP contribution in [0.2, 0.25) is 5.02 Å². The van der Waals surface area contributed by atoms with Gasteiger partial charge in [0.1, 0.15) is 5.25 Å². The average molecular weight is 440 g/mol. The predicted molar refractivity (Wildman–Crippen MR) is 120 cm³/mol. The molecule has 6 nitrogen and oxygen atoms in total. The van der Waals surface area contributed by atoms with E-state index in [4.69, 9.17) is 11.6 Å². The molecule has 2 heterocycles. The zero-order valence-corrected chi connectivity index (χ0v) is 17.9. The van der Waals surface area contributed by atoms with E-state index >= 15 is 0 Å². The van der Waals surface area contributed by atoms with E-state index < -0.39 is 0 Å². The van der Waals surface area contributed by atoms with Crippen molar-refractivity contribution in [1.82, 2.24) is 14.9 Å². The van der Waals surface area contributed by atoms with Gasteiger partial charge in [-0.2, -0.15) is 0 Å². The number of rotatable bonds is 3. The number of fused-ring (bicyclic) bond motifs is 1. The molecule has 2 N–H and O–H groups in total. The summed E-state index contributed by atoms with van der Waals surface area (Å²) in [5, 5.41) is 12.8. The first-order valence-electron chi connectivity index (χ1n) is 10.2. The van der Waals surface area contributed by atoms with E-state index in [1.54, 1.807) is 12.1 Å². The summed E-state index contributed by atoms with van der Waals surface area (Å²) < 4.78 is 1.97. The van der Waals surface area contributed by atoms with Gasteiger partial charge in [0.2, 0.25) is 11.1 Å². The van der Waals surface area contributed by atoms with E-state index in [9.17, 15) is 4.79 Å². The maximum atomic E-state index is 13.4. The molecule has 154 valence electrons. The molecule has 1 atom stereocenters. The van der Waals surface area contributed by atoms with Gasteiger partial charge >= 0.3 is 0 Å².